The van der Waals surface area contributed by atoms with E-state index in [2.05, 4.69) is 10.6 Å². The first-order valence-corrected chi connectivity index (χ1v) is 9.26. The van der Waals surface area contributed by atoms with Crippen molar-refractivity contribution >= 4 is 29.1 Å². The number of benzene rings is 2. The highest BCUT2D eigenvalue weighted by Gasteiger charge is 2.38. The van der Waals surface area contributed by atoms with Gasteiger partial charge in [0.2, 0.25) is 5.91 Å². The SMILES string of the molecule is C[C@H]1C(=O)N2CCCc3cc(NC(=O)C(=O)NCc4ccc(F)cc4)cc1c32. The summed E-state index contributed by atoms with van der Waals surface area (Å²) >= 11 is 0. The molecule has 7 heteroatoms. The quantitative estimate of drug-likeness (QED) is 0.802. The van der Waals surface area contributed by atoms with E-state index in [1.807, 2.05) is 17.9 Å². The third kappa shape index (κ3) is 3.24. The van der Waals surface area contributed by atoms with E-state index in [1.54, 1.807) is 18.2 Å². The van der Waals surface area contributed by atoms with Crippen LogP contribution in [0.2, 0.25) is 0 Å². The minimum Gasteiger partial charge on any atom is -0.344 e. The Labute approximate surface area is 161 Å². The van der Waals surface area contributed by atoms with Crippen molar-refractivity contribution in [1.82, 2.24) is 5.32 Å². The molecule has 2 aromatic rings. The number of nitrogens with zero attached hydrogens (tertiary/aromatic N) is 1. The van der Waals surface area contributed by atoms with E-state index in [9.17, 15) is 18.8 Å². The first kappa shape index (κ1) is 18.2. The van der Waals surface area contributed by atoms with Crippen LogP contribution in [0.5, 0.6) is 0 Å². The maximum Gasteiger partial charge on any atom is 0.313 e. The van der Waals surface area contributed by atoms with Crippen molar-refractivity contribution in [2.45, 2.75) is 32.2 Å². The molecule has 28 heavy (non-hydrogen) atoms. The van der Waals surface area contributed by atoms with Crippen LogP contribution in [0.1, 0.15) is 36.0 Å². The molecule has 0 aromatic heterocycles. The second kappa shape index (κ2) is 7.07. The van der Waals surface area contributed by atoms with Crippen LogP contribution >= 0.6 is 0 Å². The molecule has 144 valence electrons. The average Bonchev–Trinajstić information content (AvgIpc) is 2.94. The van der Waals surface area contributed by atoms with Crippen molar-refractivity contribution < 1.29 is 18.8 Å². The van der Waals surface area contributed by atoms with Crippen LogP contribution in [0, 0.1) is 5.82 Å². The molecule has 0 aliphatic carbocycles. The third-order valence-electron chi connectivity index (χ3n) is 5.25. The smallest absolute Gasteiger partial charge is 0.313 e. The van der Waals surface area contributed by atoms with Crippen LogP contribution in [0.25, 0.3) is 0 Å². The van der Waals surface area contributed by atoms with E-state index in [4.69, 9.17) is 0 Å². The lowest BCUT2D eigenvalue weighted by Gasteiger charge is -2.26. The predicted octanol–water partition coefficient (Wildman–Crippen LogP) is 2.48. The minimum absolute atomic E-state index is 0.0801. The van der Waals surface area contributed by atoms with Gasteiger partial charge in [-0.3, -0.25) is 14.4 Å². The zero-order valence-corrected chi connectivity index (χ0v) is 15.4. The summed E-state index contributed by atoms with van der Waals surface area (Å²) in [6, 6.07) is 9.29. The molecule has 2 aliphatic heterocycles. The number of halogens is 1. The molecule has 2 N–H and O–H groups in total. The van der Waals surface area contributed by atoms with Crippen molar-refractivity contribution in [3.05, 3.63) is 58.9 Å². The van der Waals surface area contributed by atoms with Crippen LogP contribution < -0.4 is 15.5 Å². The fourth-order valence-corrected chi connectivity index (χ4v) is 3.82. The van der Waals surface area contributed by atoms with Gasteiger partial charge in [0.25, 0.3) is 0 Å². The molecule has 0 saturated heterocycles. The molecular weight excluding hydrogens is 361 g/mol. The zero-order chi connectivity index (χ0) is 19.8. The Bertz CT molecular complexity index is 972. The minimum atomic E-state index is -0.779. The van der Waals surface area contributed by atoms with Crippen molar-refractivity contribution in [3.63, 3.8) is 0 Å². The highest BCUT2D eigenvalue weighted by atomic mass is 19.1. The average molecular weight is 381 g/mol. The summed E-state index contributed by atoms with van der Waals surface area (Å²) in [6.45, 7) is 2.71. The topological polar surface area (TPSA) is 78.5 Å². The summed E-state index contributed by atoms with van der Waals surface area (Å²) in [5.41, 5.74) is 4.08. The van der Waals surface area contributed by atoms with E-state index in [-0.39, 0.29) is 24.2 Å². The first-order chi connectivity index (χ1) is 13.4. The Balaban J connectivity index is 1.46. The highest BCUT2D eigenvalue weighted by molar-refractivity contribution is 6.39. The molecular formula is C21H20FN3O3. The first-order valence-electron chi connectivity index (χ1n) is 9.26. The maximum atomic E-state index is 12.9. The highest BCUT2D eigenvalue weighted by Crippen LogP contribution is 2.44. The van der Waals surface area contributed by atoms with Gasteiger partial charge in [-0.25, -0.2) is 4.39 Å². The van der Waals surface area contributed by atoms with E-state index < -0.39 is 11.8 Å². The summed E-state index contributed by atoms with van der Waals surface area (Å²) in [5, 5.41) is 5.14. The van der Waals surface area contributed by atoms with Gasteiger partial charge in [0.15, 0.2) is 0 Å². The largest absolute Gasteiger partial charge is 0.344 e. The van der Waals surface area contributed by atoms with Gasteiger partial charge in [-0.05, 0) is 60.7 Å². The lowest BCUT2D eigenvalue weighted by molar-refractivity contribution is -0.136. The van der Waals surface area contributed by atoms with Crippen LogP contribution in [-0.2, 0) is 27.3 Å². The van der Waals surface area contributed by atoms with E-state index >= 15 is 0 Å². The molecule has 2 heterocycles. The van der Waals surface area contributed by atoms with E-state index in [1.165, 1.54) is 12.1 Å². The number of nitrogens with one attached hydrogen (secondary N) is 2. The van der Waals surface area contributed by atoms with E-state index in [0.717, 1.165) is 36.2 Å². The van der Waals surface area contributed by atoms with Gasteiger partial charge in [0.1, 0.15) is 5.82 Å². The number of aryl methyl sites for hydroxylation is 1. The number of carbonyl (C=O) groups is 3. The fourth-order valence-electron chi connectivity index (χ4n) is 3.82. The van der Waals surface area contributed by atoms with Crippen LogP contribution in [0.4, 0.5) is 15.8 Å². The van der Waals surface area contributed by atoms with Gasteiger partial charge < -0.3 is 15.5 Å². The number of carbonyl (C=O) groups excluding carboxylic acids is 3. The summed E-state index contributed by atoms with van der Waals surface area (Å²) in [6.07, 6.45) is 1.71. The Kier molecular flexibility index (Phi) is 4.58. The van der Waals surface area contributed by atoms with E-state index in [0.29, 0.717) is 11.3 Å². The van der Waals surface area contributed by atoms with Crippen molar-refractivity contribution in [1.29, 1.82) is 0 Å². The molecule has 3 amide bonds. The molecule has 0 bridgehead atoms. The fraction of sp³-hybridized carbons (Fsp3) is 0.286. The van der Waals surface area contributed by atoms with Crippen molar-refractivity contribution in [2.24, 2.45) is 0 Å². The predicted molar refractivity (Wildman–Crippen MR) is 102 cm³/mol. The van der Waals surface area contributed by atoms with Crippen molar-refractivity contribution in [2.75, 3.05) is 16.8 Å². The van der Waals surface area contributed by atoms with Gasteiger partial charge in [0.05, 0.1) is 11.6 Å². The number of hydrogen-bond donors (Lipinski definition) is 2. The zero-order valence-electron chi connectivity index (χ0n) is 15.4. The van der Waals surface area contributed by atoms with Crippen LogP contribution in [-0.4, -0.2) is 24.3 Å². The molecule has 2 aliphatic rings. The second-order valence-corrected chi connectivity index (χ2v) is 7.15. The van der Waals surface area contributed by atoms with Gasteiger partial charge in [0, 0.05) is 18.8 Å². The van der Waals surface area contributed by atoms with Crippen LogP contribution in [0.15, 0.2) is 36.4 Å². The Hall–Kier alpha value is -3.22. The third-order valence-corrected chi connectivity index (χ3v) is 5.25. The number of hydrogen-bond acceptors (Lipinski definition) is 3. The maximum absolute atomic E-state index is 12.9. The molecule has 0 spiro atoms. The number of anilines is 2. The van der Waals surface area contributed by atoms with Gasteiger partial charge in [-0.15, -0.1) is 0 Å². The molecule has 6 nitrogen and oxygen atoms in total. The molecule has 2 aromatic carbocycles. The Morgan fingerprint density at radius 1 is 1.18 bits per heavy atom. The molecule has 0 radical (unpaired) electrons. The number of amides is 3. The molecule has 4 rings (SSSR count). The van der Waals surface area contributed by atoms with Crippen molar-refractivity contribution in [3.8, 4) is 0 Å². The normalized spacial score (nSPS) is 17.3. The second-order valence-electron chi connectivity index (χ2n) is 7.15. The molecule has 0 saturated carbocycles. The molecule has 0 fully saturated rings. The standard InChI is InChI=1S/C21H20FN3O3/c1-12-17-10-16(9-14-3-2-8-25(18(14)17)21(12)28)24-20(27)19(26)23-11-13-4-6-15(22)7-5-13/h4-7,9-10,12H,2-3,8,11H2,1H3,(H,23,26)(H,24,27)/t12-/m1/s1. The van der Waals surface area contributed by atoms with Gasteiger partial charge in [-0.2, -0.15) is 0 Å². The lowest BCUT2D eigenvalue weighted by Crippen LogP contribution is -2.35. The summed E-state index contributed by atoms with van der Waals surface area (Å²) < 4.78 is 12.9. The molecule has 1 atom stereocenters. The van der Waals surface area contributed by atoms with Gasteiger partial charge >= 0.3 is 11.8 Å². The Morgan fingerprint density at radius 2 is 1.93 bits per heavy atom. The van der Waals surface area contributed by atoms with Crippen LogP contribution in [0.3, 0.4) is 0 Å². The summed E-state index contributed by atoms with van der Waals surface area (Å²) in [7, 11) is 0. The summed E-state index contributed by atoms with van der Waals surface area (Å²) in [4.78, 5) is 38.6. The monoisotopic (exact) mass is 381 g/mol. The lowest BCUT2D eigenvalue weighted by atomic mass is 9.96. The van der Waals surface area contributed by atoms with Gasteiger partial charge in [-0.1, -0.05) is 12.1 Å². The number of rotatable bonds is 3. The summed E-state index contributed by atoms with van der Waals surface area (Å²) in [5.74, 6) is -2.09. The molecule has 0 unspecified atom stereocenters. The Morgan fingerprint density at radius 3 is 2.68 bits per heavy atom.